The Kier molecular flexibility index (Phi) is 16.3. The number of benzene rings is 2. The van der Waals surface area contributed by atoms with Crippen LogP contribution >= 0.6 is 0 Å². The molecule has 0 spiro atoms. The maximum atomic E-state index is 14.1. The van der Waals surface area contributed by atoms with E-state index in [1.807, 2.05) is 36.9 Å². The van der Waals surface area contributed by atoms with Gasteiger partial charge in [-0.05, 0) is 87.3 Å². The van der Waals surface area contributed by atoms with Crippen molar-refractivity contribution in [1.29, 1.82) is 0 Å². The molecular formula is C53H73N13O8S. The van der Waals surface area contributed by atoms with Gasteiger partial charge in [0.15, 0.2) is 15.7 Å². The van der Waals surface area contributed by atoms with Crippen LogP contribution in [0.5, 0.6) is 5.75 Å². The second-order valence-electron chi connectivity index (χ2n) is 22.0. The lowest BCUT2D eigenvalue weighted by Crippen LogP contribution is -2.63. The number of anilines is 3. The summed E-state index contributed by atoms with van der Waals surface area (Å²) in [4.78, 5) is 69.6. The number of fused-ring (bicyclic) bond motifs is 1. The number of aromatic nitrogens is 6. The third-order valence-corrected chi connectivity index (χ3v) is 16.9. The summed E-state index contributed by atoms with van der Waals surface area (Å²) < 4.78 is 40.1. The lowest BCUT2D eigenvalue weighted by Gasteiger charge is -2.48. The Morgan fingerprint density at radius 3 is 2.19 bits per heavy atom. The summed E-state index contributed by atoms with van der Waals surface area (Å²) in [6, 6.07) is 13.6. The quantitative estimate of drug-likeness (QED) is 0.116. The van der Waals surface area contributed by atoms with Crippen LogP contribution in [0.25, 0.3) is 10.9 Å². The van der Waals surface area contributed by atoms with E-state index in [1.54, 1.807) is 71.8 Å². The second kappa shape index (κ2) is 22.4. The van der Waals surface area contributed by atoms with Crippen molar-refractivity contribution in [3.8, 4) is 5.75 Å². The second-order valence-corrected chi connectivity index (χ2v) is 24.7. The first-order valence-corrected chi connectivity index (χ1v) is 27.3. The van der Waals surface area contributed by atoms with Crippen molar-refractivity contribution >= 4 is 56.4 Å². The minimum atomic E-state index is -3.92. The monoisotopic (exact) mass is 1050 g/mol. The first-order chi connectivity index (χ1) is 35.5. The van der Waals surface area contributed by atoms with Gasteiger partial charge in [0, 0.05) is 126 Å². The van der Waals surface area contributed by atoms with Gasteiger partial charge in [0.25, 0.3) is 5.91 Å². The van der Waals surface area contributed by atoms with Gasteiger partial charge in [-0.3, -0.25) is 19.5 Å². The molecule has 3 fully saturated rings. The van der Waals surface area contributed by atoms with Crippen molar-refractivity contribution in [2.45, 2.75) is 116 Å². The fourth-order valence-electron chi connectivity index (χ4n) is 9.81. The number of hydrogen-bond donors (Lipinski definition) is 2. The standard InChI is InChI=1S/C53H73N13O8S/c1-35-29-63(23-22-62(35)32-41-33-65(50(68)69)36(2)30-64(41)31-39-15-12-11-13-16-39)49-54-27-40(28-55-49)48(67)61-20-18-60(19-21-61)17-14-24-73-44-26-43-42(25-45(44)75(71,72)53(8,9)10)47(57-34-56-43)58-46-37(3)38(4)66(59-46)51(70)74-52(5,6)7/h11-13,15-16,25-28,34-36,41H,14,17-24,29-33H2,1-10H3,(H,68,69)(H,56,57,58,59)/t35-,36-,41+/m1/s1. The molecule has 0 aliphatic carbocycles. The molecule has 22 heteroatoms. The number of piperazine rings is 3. The smallest absolute Gasteiger partial charge is 0.435 e. The van der Waals surface area contributed by atoms with E-state index >= 15 is 0 Å². The number of ether oxygens (including phenoxy) is 2. The topological polar surface area (TPSA) is 225 Å². The first-order valence-electron chi connectivity index (χ1n) is 25.8. The summed E-state index contributed by atoms with van der Waals surface area (Å²) in [6.07, 6.45) is 3.71. The molecule has 0 radical (unpaired) electrons. The van der Waals surface area contributed by atoms with Crippen LogP contribution in [-0.4, -0.2) is 193 Å². The van der Waals surface area contributed by atoms with Gasteiger partial charge in [0.1, 0.15) is 28.4 Å². The van der Waals surface area contributed by atoms with Gasteiger partial charge in [-0.1, -0.05) is 30.3 Å². The average molecular weight is 1050 g/mol. The maximum Gasteiger partial charge on any atom is 0.435 e. The van der Waals surface area contributed by atoms with Crippen LogP contribution in [0.4, 0.5) is 27.2 Å². The molecule has 3 aromatic heterocycles. The zero-order valence-electron chi connectivity index (χ0n) is 45.0. The highest BCUT2D eigenvalue weighted by Crippen LogP contribution is 2.38. The first kappa shape index (κ1) is 54.8. The van der Waals surface area contributed by atoms with E-state index in [0.29, 0.717) is 111 Å². The number of rotatable bonds is 14. The number of carbonyl (C=O) groups excluding carboxylic acids is 2. The van der Waals surface area contributed by atoms with E-state index in [9.17, 15) is 27.9 Å². The molecule has 3 aliphatic rings. The van der Waals surface area contributed by atoms with E-state index in [-0.39, 0.29) is 41.3 Å². The van der Waals surface area contributed by atoms with Gasteiger partial charge < -0.3 is 34.6 Å². The number of amides is 2. The Morgan fingerprint density at radius 2 is 1.53 bits per heavy atom. The van der Waals surface area contributed by atoms with Crippen molar-refractivity contribution in [3.05, 3.63) is 83.6 Å². The number of carboxylic acid groups (broad SMARTS) is 1. The molecule has 75 heavy (non-hydrogen) atoms. The lowest BCUT2D eigenvalue weighted by atomic mass is 10.0. The van der Waals surface area contributed by atoms with Crippen LogP contribution in [0.3, 0.4) is 0 Å². The van der Waals surface area contributed by atoms with E-state index in [1.165, 1.54) is 22.6 Å². The normalized spacial score (nSPS) is 19.6. The molecular weight excluding hydrogens is 979 g/mol. The maximum absolute atomic E-state index is 14.1. The molecule has 8 rings (SSSR count). The summed E-state index contributed by atoms with van der Waals surface area (Å²) in [6.45, 7) is 26.1. The minimum Gasteiger partial charge on any atom is -0.492 e. The summed E-state index contributed by atoms with van der Waals surface area (Å²) in [5.41, 5.74) is 2.64. The Morgan fingerprint density at radius 1 is 0.827 bits per heavy atom. The molecule has 21 nitrogen and oxygen atoms in total. The highest BCUT2D eigenvalue weighted by Gasteiger charge is 2.38. The van der Waals surface area contributed by atoms with Crippen LogP contribution in [0, 0.1) is 13.8 Å². The van der Waals surface area contributed by atoms with Gasteiger partial charge in [-0.25, -0.2) is 37.9 Å². The molecule has 5 aromatic rings. The summed E-state index contributed by atoms with van der Waals surface area (Å²) in [7, 11) is -3.92. The molecule has 2 amide bonds. The molecule has 0 unspecified atom stereocenters. The number of nitrogens with zero attached hydrogens (tertiary/aromatic N) is 12. The van der Waals surface area contributed by atoms with Crippen LogP contribution in [0.1, 0.15) is 89.0 Å². The zero-order valence-corrected chi connectivity index (χ0v) is 45.8. The average Bonchev–Trinajstić information content (AvgIpc) is 3.65. The molecule has 2 N–H and O–H groups in total. The van der Waals surface area contributed by atoms with Crippen molar-refractivity contribution in [3.63, 3.8) is 0 Å². The summed E-state index contributed by atoms with van der Waals surface area (Å²) >= 11 is 0. The highest BCUT2D eigenvalue weighted by atomic mass is 32.2. The fourth-order valence-corrected chi connectivity index (χ4v) is 11.1. The fraction of sp³-hybridized carbons (Fsp3) is 0.547. The highest BCUT2D eigenvalue weighted by molar-refractivity contribution is 7.92. The van der Waals surface area contributed by atoms with E-state index < -0.39 is 32.4 Å². The molecule has 0 saturated carbocycles. The van der Waals surface area contributed by atoms with Crippen LogP contribution < -0.4 is 15.0 Å². The minimum absolute atomic E-state index is 0.0113. The lowest BCUT2D eigenvalue weighted by molar-refractivity contribution is 0.0118. The van der Waals surface area contributed by atoms with Crippen LogP contribution in [-0.2, 0) is 21.1 Å². The zero-order chi connectivity index (χ0) is 54.0. The molecule has 0 bridgehead atoms. The van der Waals surface area contributed by atoms with E-state index in [4.69, 9.17) is 9.47 Å². The van der Waals surface area contributed by atoms with Crippen LogP contribution in [0.2, 0.25) is 0 Å². The van der Waals surface area contributed by atoms with Crippen molar-refractivity contribution < 1.29 is 37.4 Å². The predicted molar refractivity (Wildman–Crippen MR) is 286 cm³/mol. The van der Waals surface area contributed by atoms with Gasteiger partial charge in [-0.15, -0.1) is 5.10 Å². The largest absolute Gasteiger partial charge is 0.492 e. The van der Waals surface area contributed by atoms with Gasteiger partial charge in [-0.2, -0.15) is 4.68 Å². The van der Waals surface area contributed by atoms with Gasteiger partial charge in [0.2, 0.25) is 5.95 Å². The van der Waals surface area contributed by atoms with Crippen LogP contribution in [0.15, 0.2) is 66.1 Å². The van der Waals surface area contributed by atoms with Crippen molar-refractivity contribution in [2.75, 3.05) is 88.8 Å². The predicted octanol–water partition coefficient (Wildman–Crippen LogP) is 6.32. The summed E-state index contributed by atoms with van der Waals surface area (Å²) in [5.74, 6) is 1.31. The Balaban J connectivity index is 0.833. The van der Waals surface area contributed by atoms with Gasteiger partial charge in [0.05, 0.1) is 28.1 Å². The van der Waals surface area contributed by atoms with E-state index in [0.717, 1.165) is 19.6 Å². The molecule has 3 atom stereocenters. The Bertz CT molecular complexity index is 2950. The number of carbonyl (C=O) groups is 3. The molecule has 404 valence electrons. The molecule has 2 aromatic carbocycles. The number of sulfone groups is 1. The third kappa shape index (κ3) is 12.6. The van der Waals surface area contributed by atoms with Crippen molar-refractivity contribution in [1.82, 2.24) is 54.2 Å². The molecule has 3 saturated heterocycles. The Labute approximate surface area is 440 Å². The summed E-state index contributed by atoms with van der Waals surface area (Å²) in [5, 5.41) is 18.1. The van der Waals surface area contributed by atoms with Crippen molar-refractivity contribution in [2.24, 2.45) is 0 Å². The molecule has 6 heterocycles. The van der Waals surface area contributed by atoms with Gasteiger partial charge >= 0.3 is 12.2 Å². The Hall–Kier alpha value is -6.49. The van der Waals surface area contributed by atoms with E-state index in [2.05, 4.69) is 69.0 Å². The SMILES string of the molecule is Cc1c(Nc2ncnc3cc(OCCCN4CCN(C(=O)c5cnc(N6CCN(C[C@H]7CN(C(=O)O)[C@H](C)CN7Cc7ccccc7)[C@H](C)C6)nc5)CC4)c(S(=O)(=O)C(C)(C)C)cc23)nn(C(=O)OC(C)(C)C)c1C. The third-order valence-electron chi connectivity index (χ3n) is 14.4. The number of nitrogens with one attached hydrogen (secondary N) is 1. The molecule has 3 aliphatic heterocycles. The number of hydrogen-bond acceptors (Lipinski definition) is 17.